The molecule has 6 heteroatoms. The quantitative estimate of drug-likeness (QED) is 0.798. The minimum atomic E-state index is 0.444. The van der Waals surface area contributed by atoms with Crippen LogP contribution >= 0.6 is 0 Å². The Balaban J connectivity index is 2.27. The molecule has 0 aliphatic heterocycles. The van der Waals surface area contributed by atoms with E-state index < -0.39 is 0 Å². The van der Waals surface area contributed by atoms with Crippen molar-refractivity contribution in [3.05, 3.63) is 30.1 Å². The second-order valence-corrected chi connectivity index (χ2v) is 4.85. The van der Waals surface area contributed by atoms with Crippen LogP contribution in [0.25, 0.3) is 16.7 Å². The van der Waals surface area contributed by atoms with Crippen molar-refractivity contribution in [1.82, 2.24) is 19.3 Å². The summed E-state index contributed by atoms with van der Waals surface area (Å²) in [6.45, 7) is 4.63. The molecule has 0 amide bonds. The molecule has 0 unspecified atom stereocenters. The Morgan fingerprint density at radius 2 is 2.10 bits per heavy atom. The molecule has 0 bridgehead atoms. The standard InChI is InChI=1S/C15H19N5O/c1-4-10-12(9-19(3)18-10)20-11-7-6-8-13(21-5-2)14(11)17-15(20)16/h6-9H,4-5H2,1-3H3,(H2,16,17). The normalized spacial score (nSPS) is 11.2. The first kappa shape index (κ1) is 13.5. The summed E-state index contributed by atoms with van der Waals surface area (Å²) in [6.07, 6.45) is 2.80. The molecule has 21 heavy (non-hydrogen) atoms. The van der Waals surface area contributed by atoms with Gasteiger partial charge in [-0.15, -0.1) is 0 Å². The van der Waals surface area contributed by atoms with E-state index in [1.807, 2.05) is 42.9 Å². The molecule has 2 N–H and O–H groups in total. The fourth-order valence-electron chi connectivity index (χ4n) is 2.58. The number of para-hydroxylation sites is 1. The molecule has 1 aromatic carbocycles. The number of imidazole rings is 1. The zero-order valence-corrected chi connectivity index (χ0v) is 12.5. The minimum Gasteiger partial charge on any atom is -0.492 e. The van der Waals surface area contributed by atoms with Crippen molar-refractivity contribution in [3.63, 3.8) is 0 Å². The van der Waals surface area contributed by atoms with E-state index in [2.05, 4.69) is 17.0 Å². The van der Waals surface area contributed by atoms with Gasteiger partial charge in [0.15, 0.2) is 0 Å². The number of nitrogen functional groups attached to an aromatic ring is 1. The third-order valence-electron chi connectivity index (χ3n) is 3.43. The number of nitrogens with two attached hydrogens (primary N) is 1. The van der Waals surface area contributed by atoms with Gasteiger partial charge in [-0.2, -0.15) is 5.10 Å². The molecule has 6 nitrogen and oxygen atoms in total. The van der Waals surface area contributed by atoms with Crippen LogP contribution in [0.2, 0.25) is 0 Å². The second-order valence-electron chi connectivity index (χ2n) is 4.85. The number of benzene rings is 1. The highest BCUT2D eigenvalue weighted by Crippen LogP contribution is 2.30. The average molecular weight is 285 g/mol. The lowest BCUT2D eigenvalue weighted by atomic mass is 10.2. The molecule has 0 fully saturated rings. The van der Waals surface area contributed by atoms with Crippen molar-refractivity contribution in [2.75, 3.05) is 12.3 Å². The van der Waals surface area contributed by atoms with Crippen molar-refractivity contribution in [2.45, 2.75) is 20.3 Å². The van der Waals surface area contributed by atoms with Gasteiger partial charge in [0.25, 0.3) is 0 Å². The minimum absolute atomic E-state index is 0.444. The molecule has 3 aromatic rings. The topological polar surface area (TPSA) is 70.9 Å². The lowest BCUT2D eigenvalue weighted by Gasteiger charge is -2.06. The van der Waals surface area contributed by atoms with Crippen LogP contribution in [-0.4, -0.2) is 25.9 Å². The molecule has 0 saturated heterocycles. The predicted octanol–water partition coefficient (Wildman–Crippen LogP) is 2.30. The van der Waals surface area contributed by atoms with Gasteiger partial charge in [0.1, 0.15) is 11.3 Å². The first-order chi connectivity index (χ1) is 10.2. The first-order valence-corrected chi connectivity index (χ1v) is 7.08. The highest BCUT2D eigenvalue weighted by Gasteiger charge is 2.17. The third kappa shape index (κ3) is 2.12. The first-order valence-electron chi connectivity index (χ1n) is 7.08. The number of aryl methyl sites for hydroxylation is 2. The Bertz CT molecular complexity index is 787. The Hall–Kier alpha value is -2.50. The Kier molecular flexibility index (Phi) is 3.29. The van der Waals surface area contributed by atoms with E-state index in [-0.39, 0.29) is 0 Å². The number of hydrogen-bond acceptors (Lipinski definition) is 4. The molecule has 0 aliphatic rings. The Morgan fingerprint density at radius 1 is 1.29 bits per heavy atom. The van der Waals surface area contributed by atoms with Crippen LogP contribution in [0.1, 0.15) is 19.5 Å². The SMILES string of the molecule is CCOc1cccc2c1nc(N)n2-c1cn(C)nc1CC. The summed E-state index contributed by atoms with van der Waals surface area (Å²) in [5.74, 6) is 1.20. The molecule has 2 heterocycles. The van der Waals surface area contributed by atoms with Crippen molar-refractivity contribution < 1.29 is 4.74 Å². The highest BCUT2D eigenvalue weighted by molar-refractivity contribution is 5.86. The van der Waals surface area contributed by atoms with Crippen molar-refractivity contribution in [1.29, 1.82) is 0 Å². The van der Waals surface area contributed by atoms with Gasteiger partial charge in [-0.1, -0.05) is 13.0 Å². The van der Waals surface area contributed by atoms with Crippen LogP contribution in [0.5, 0.6) is 5.75 Å². The summed E-state index contributed by atoms with van der Waals surface area (Å²) < 4.78 is 9.36. The number of ether oxygens (including phenoxy) is 1. The van der Waals surface area contributed by atoms with Gasteiger partial charge >= 0.3 is 0 Å². The molecule has 0 aliphatic carbocycles. The summed E-state index contributed by atoms with van der Waals surface area (Å²) in [5, 5.41) is 4.47. The fraction of sp³-hybridized carbons (Fsp3) is 0.333. The number of rotatable bonds is 4. The maximum absolute atomic E-state index is 6.14. The molecule has 0 saturated carbocycles. The highest BCUT2D eigenvalue weighted by atomic mass is 16.5. The predicted molar refractivity (Wildman–Crippen MR) is 82.8 cm³/mol. The van der Waals surface area contributed by atoms with E-state index >= 15 is 0 Å². The van der Waals surface area contributed by atoms with E-state index in [1.165, 1.54) is 0 Å². The average Bonchev–Trinajstić information content (AvgIpc) is 2.98. The summed E-state index contributed by atoms with van der Waals surface area (Å²) in [5.41, 5.74) is 9.81. The Labute approximate surface area is 123 Å². The summed E-state index contributed by atoms with van der Waals surface area (Å²) in [4.78, 5) is 4.47. The van der Waals surface area contributed by atoms with Crippen LogP contribution in [0.3, 0.4) is 0 Å². The third-order valence-corrected chi connectivity index (χ3v) is 3.43. The molecule has 3 rings (SSSR count). The van der Waals surface area contributed by atoms with Gasteiger partial charge in [0.05, 0.1) is 23.5 Å². The van der Waals surface area contributed by atoms with E-state index in [1.54, 1.807) is 4.68 Å². The maximum Gasteiger partial charge on any atom is 0.206 e. The number of fused-ring (bicyclic) bond motifs is 1. The van der Waals surface area contributed by atoms with Gasteiger partial charge in [-0.25, -0.2) is 4.98 Å². The molecular formula is C15H19N5O. The number of anilines is 1. The van der Waals surface area contributed by atoms with E-state index in [4.69, 9.17) is 10.5 Å². The van der Waals surface area contributed by atoms with Crippen molar-refractivity contribution in [3.8, 4) is 11.4 Å². The molecule has 2 aromatic heterocycles. The van der Waals surface area contributed by atoms with Crippen LogP contribution in [0.15, 0.2) is 24.4 Å². The largest absolute Gasteiger partial charge is 0.492 e. The molecular weight excluding hydrogens is 266 g/mol. The zero-order chi connectivity index (χ0) is 15.0. The van der Waals surface area contributed by atoms with Crippen molar-refractivity contribution in [2.24, 2.45) is 7.05 Å². The second kappa shape index (κ2) is 5.12. The maximum atomic E-state index is 6.14. The van der Waals surface area contributed by atoms with Gasteiger partial charge in [0.2, 0.25) is 5.95 Å². The van der Waals surface area contributed by atoms with Crippen LogP contribution < -0.4 is 10.5 Å². The van der Waals surface area contributed by atoms with E-state index in [0.717, 1.165) is 34.6 Å². The van der Waals surface area contributed by atoms with Crippen LogP contribution in [0, 0.1) is 0 Å². The smallest absolute Gasteiger partial charge is 0.206 e. The fourth-order valence-corrected chi connectivity index (χ4v) is 2.58. The Morgan fingerprint density at radius 3 is 2.81 bits per heavy atom. The lowest BCUT2D eigenvalue weighted by molar-refractivity contribution is 0.344. The number of nitrogens with zero attached hydrogens (tertiary/aromatic N) is 4. The van der Waals surface area contributed by atoms with Crippen LogP contribution in [-0.2, 0) is 13.5 Å². The van der Waals surface area contributed by atoms with E-state index in [9.17, 15) is 0 Å². The molecule has 0 spiro atoms. The van der Waals surface area contributed by atoms with E-state index in [0.29, 0.717) is 12.6 Å². The number of hydrogen-bond donors (Lipinski definition) is 1. The lowest BCUT2D eigenvalue weighted by Crippen LogP contribution is -2.02. The summed E-state index contributed by atoms with van der Waals surface area (Å²) in [6, 6.07) is 5.85. The number of aromatic nitrogens is 4. The summed E-state index contributed by atoms with van der Waals surface area (Å²) in [7, 11) is 1.91. The van der Waals surface area contributed by atoms with Gasteiger partial charge in [-0.05, 0) is 25.5 Å². The van der Waals surface area contributed by atoms with Crippen molar-refractivity contribution >= 4 is 17.0 Å². The van der Waals surface area contributed by atoms with Gasteiger partial charge in [0, 0.05) is 13.2 Å². The van der Waals surface area contributed by atoms with Gasteiger partial charge < -0.3 is 10.5 Å². The zero-order valence-electron chi connectivity index (χ0n) is 12.5. The molecule has 0 atom stereocenters. The monoisotopic (exact) mass is 285 g/mol. The van der Waals surface area contributed by atoms with Gasteiger partial charge in [-0.3, -0.25) is 9.25 Å². The summed E-state index contributed by atoms with van der Waals surface area (Å²) >= 11 is 0. The molecule has 110 valence electrons. The van der Waals surface area contributed by atoms with Crippen LogP contribution in [0.4, 0.5) is 5.95 Å². The molecule has 0 radical (unpaired) electrons.